The summed E-state index contributed by atoms with van der Waals surface area (Å²) in [5.74, 6) is 2.12. The van der Waals surface area contributed by atoms with Crippen LogP contribution in [0.2, 0.25) is 0 Å². The molecule has 108 valence electrons. The van der Waals surface area contributed by atoms with Crippen LogP contribution < -0.4 is 15.8 Å². The number of nitrogens with zero attached hydrogens (tertiary/aromatic N) is 3. The van der Waals surface area contributed by atoms with E-state index in [9.17, 15) is 0 Å². The van der Waals surface area contributed by atoms with Crippen LogP contribution in [0.1, 0.15) is 20.3 Å². The molecule has 0 fully saturated rings. The Morgan fingerprint density at radius 2 is 2.05 bits per heavy atom. The summed E-state index contributed by atoms with van der Waals surface area (Å²) in [6, 6.07) is 0.290. The number of rotatable bonds is 7. The molecule has 0 aliphatic rings. The van der Waals surface area contributed by atoms with Crippen LogP contribution in [0.4, 0.5) is 11.6 Å². The van der Waals surface area contributed by atoms with Crippen molar-refractivity contribution in [2.45, 2.75) is 26.3 Å². The first-order valence-electron chi connectivity index (χ1n) is 6.49. The van der Waals surface area contributed by atoms with Crippen molar-refractivity contribution >= 4 is 11.6 Å². The van der Waals surface area contributed by atoms with Crippen LogP contribution in [0.3, 0.4) is 0 Å². The number of nitrogens with one attached hydrogen (secondary N) is 1. The third-order valence-corrected chi connectivity index (χ3v) is 2.72. The number of hydrogen-bond donors (Lipinski definition) is 2. The molecule has 6 nitrogen and oxygen atoms in total. The lowest BCUT2D eigenvalue weighted by Crippen LogP contribution is -2.34. The second-order valence-corrected chi connectivity index (χ2v) is 5.37. The predicted molar refractivity (Wildman–Crippen MR) is 78.4 cm³/mol. The molecular formula is C13H25N5O. The summed E-state index contributed by atoms with van der Waals surface area (Å²) in [7, 11) is 5.69. The smallest absolute Gasteiger partial charge is 0.203 e. The van der Waals surface area contributed by atoms with Gasteiger partial charge < -0.3 is 20.7 Å². The van der Waals surface area contributed by atoms with Gasteiger partial charge in [0.25, 0.3) is 0 Å². The predicted octanol–water partition coefficient (Wildman–Crippen LogP) is 1.46. The third-order valence-electron chi connectivity index (χ3n) is 2.72. The molecule has 0 spiro atoms. The van der Waals surface area contributed by atoms with Gasteiger partial charge in [-0.25, -0.2) is 9.97 Å². The van der Waals surface area contributed by atoms with Crippen molar-refractivity contribution < 1.29 is 4.74 Å². The molecular weight excluding hydrogens is 242 g/mol. The van der Waals surface area contributed by atoms with E-state index in [0.717, 1.165) is 13.0 Å². The lowest BCUT2D eigenvalue weighted by atomic mass is 10.0. The van der Waals surface area contributed by atoms with Crippen molar-refractivity contribution in [2.24, 2.45) is 5.92 Å². The van der Waals surface area contributed by atoms with E-state index in [4.69, 9.17) is 10.5 Å². The minimum atomic E-state index is 0.290. The maximum absolute atomic E-state index is 5.78. The van der Waals surface area contributed by atoms with E-state index in [1.54, 1.807) is 7.11 Å². The average Bonchev–Trinajstić information content (AvgIpc) is 2.27. The van der Waals surface area contributed by atoms with Crippen LogP contribution in [0.25, 0.3) is 0 Å². The fourth-order valence-electron chi connectivity index (χ4n) is 2.07. The number of aromatic nitrogens is 2. The highest BCUT2D eigenvalue weighted by Crippen LogP contribution is 2.27. The van der Waals surface area contributed by atoms with Crippen molar-refractivity contribution in [3.63, 3.8) is 0 Å². The molecule has 1 aromatic heterocycles. The Kier molecular flexibility index (Phi) is 5.82. The van der Waals surface area contributed by atoms with Gasteiger partial charge in [-0.05, 0) is 26.4 Å². The van der Waals surface area contributed by atoms with Gasteiger partial charge in [0, 0.05) is 12.6 Å². The molecule has 0 aromatic carbocycles. The second kappa shape index (κ2) is 7.13. The Bertz CT molecular complexity index is 385. The molecule has 1 atom stereocenters. The first-order chi connectivity index (χ1) is 8.93. The standard InChI is InChI=1S/C13H25N5O/c1-9(2)6-10(7-18(3)4)17-13-11(19-5)12(14)15-8-16-13/h8-10H,6-7H2,1-5H3,(H3,14,15,16,17). The van der Waals surface area contributed by atoms with Gasteiger partial charge in [-0.3, -0.25) is 0 Å². The van der Waals surface area contributed by atoms with Crippen LogP contribution in [-0.4, -0.2) is 48.7 Å². The van der Waals surface area contributed by atoms with Crippen LogP contribution >= 0.6 is 0 Å². The van der Waals surface area contributed by atoms with Crippen LogP contribution in [0.5, 0.6) is 5.75 Å². The number of nitrogen functional groups attached to an aromatic ring is 1. The fraction of sp³-hybridized carbons (Fsp3) is 0.692. The van der Waals surface area contributed by atoms with E-state index in [1.165, 1.54) is 6.33 Å². The lowest BCUT2D eigenvalue weighted by Gasteiger charge is -2.25. The third kappa shape index (κ3) is 4.90. The average molecular weight is 267 g/mol. The molecule has 3 N–H and O–H groups in total. The minimum Gasteiger partial charge on any atom is -0.490 e. The summed E-state index contributed by atoms with van der Waals surface area (Å²) in [4.78, 5) is 10.3. The van der Waals surface area contributed by atoms with Crippen LogP contribution in [0, 0.1) is 5.92 Å². The molecule has 0 saturated carbocycles. The van der Waals surface area contributed by atoms with Crippen molar-refractivity contribution in [2.75, 3.05) is 38.8 Å². The molecule has 0 amide bonds. The summed E-state index contributed by atoms with van der Waals surface area (Å²) >= 11 is 0. The van der Waals surface area contributed by atoms with Crippen molar-refractivity contribution in [3.05, 3.63) is 6.33 Å². The summed E-state index contributed by atoms with van der Waals surface area (Å²) < 4.78 is 5.26. The van der Waals surface area contributed by atoms with Gasteiger partial charge in [0.05, 0.1) is 7.11 Å². The minimum absolute atomic E-state index is 0.290. The van der Waals surface area contributed by atoms with Crippen LogP contribution in [-0.2, 0) is 0 Å². The highest BCUT2D eigenvalue weighted by Gasteiger charge is 2.16. The fourth-order valence-corrected chi connectivity index (χ4v) is 2.07. The highest BCUT2D eigenvalue weighted by molar-refractivity contribution is 5.61. The molecule has 0 bridgehead atoms. The van der Waals surface area contributed by atoms with Gasteiger partial charge in [0.15, 0.2) is 11.6 Å². The van der Waals surface area contributed by atoms with Gasteiger partial charge in [-0.15, -0.1) is 0 Å². The van der Waals surface area contributed by atoms with Crippen molar-refractivity contribution in [1.29, 1.82) is 0 Å². The molecule has 1 unspecified atom stereocenters. The molecule has 0 radical (unpaired) electrons. The largest absolute Gasteiger partial charge is 0.490 e. The van der Waals surface area contributed by atoms with Gasteiger partial charge in [0.1, 0.15) is 6.33 Å². The summed E-state index contributed by atoms with van der Waals surface area (Å²) in [6.07, 6.45) is 2.49. The summed E-state index contributed by atoms with van der Waals surface area (Å²) in [5.41, 5.74) is 5.78. The van der Waals surface area contributed by atoms with E-state index in [-0.39, 0.29) is 6.04 Å². The number of nitrogens with two attached hydrogens (primary N) is 1. The molecule has 1 rings (SSSR count). The number of methoxy groups -OCH3 is 1. The van der Waals surface area contributed by atoms with Crippen LogP contribution in [0.15, 0.2) is 6.33 Å². The maximum atomic E-state index is 5.78. The summed E-state index contributed by atoms with van der Waals surface area (Å²) in [6.45, 7) is 5.33. The Hall–Kier alpha value is -1.56. The van der Waals surface area contributed by atoms with Gasteiger partial charge in [-0.1, -0.05) is 13.8 Å². The Labute approximate surface area is 115 Å². The maximum Gasteiger partial charge on any atom is 0.203 e. The van der Waals surface area contributed by atoms with Gasteiger partial charge >= 0.3 is 0 Å². The normalized spacial score (nSPS) is 12.8. The van der Waals surface area contributed by atoms with E-state index < -0.39 is 0 Å². The topological polar surface area (TPSA) is 76.3 Å². The highest BCUT2D eigenvalue weighted by atomic mass is 16.5. The number of anilines is 2. The first kappa shape index (κ1) is 15.5. The molecule has 1 heterocycles. The molecule has 1 aromatic rings. The van der Waals surface area contributed by atoms with Gasteiger partial charge in [-0.2, -0.15) is 0 Å². The Balaban J connectivity index is 2.86. The molecule has 0 saturated heterocycles. The zero-order valence-corrected chi connectivity index (χ0v) is 12.5. The van der Waals surface area contributed by atoms with E-state index in [2.05, 4.69) is 48.1 Å². The number of ether oxygens (including phenoxy) is 1. The lowest BCUT2D eigenvalue weighted by molar-refractivity contribution is 0.354. The molecule has 0 aliphatic carbocycles. The van der Waals surface area contributed by atoms with E-state index in [0.29, 0.717) is 23.3 Å². The Morgan fingerprint density at radius 1 is 1.37 bits per heavy atom. The zero-order chi connectivity index (χ0) is 14.4. The Morgan fingerprint density at radius 3 is 2.58 bits per heavy atom. The molecule has 6 heteroatoms. The van der Waals surface area contributed by atoms with E-state index in [1.807, 2.05) is 0 Å². The number of likely N-dealkylation sites (N-methyl/N-ethyl adjacent to an activating group) is 1. The number of hydrogen-bond acceptors (Lipinski definition) is 6. The monoisotopic (exact) mass is 267 g/mol. The molecule has 0 aliphatic heterocycles. The molecule has 19 heavy (non-hydrogen) atoms. The van der Waals surface area contributed by atoms with E-state index >= 15 is 0 Å². The zero-order valence-electron chi connectivity index (χ0n) is 12.5. The van der Waals surface area contributed by atoms with Crippen molar-refractivity contribution in [3.8, 4) is 5.75 Å². The second-order valence-electron chi connectivity index (χ2n) is 5.37. The first-order valence-corrected chi connectivity index (χ1v) is 6.49. The quantitative estimate of drug-likeness (QED) is 0.779. The van der Waals surface area contributed by atoms with Crippen molar-refractivity contribution in [1.82, 2.24) is 14.9 Å². The summed E-state index contributed by atoms with van der Waals surface area (Å²) in [5, 5.41) is 3.40. The SMILES string of the molecule is COc1c(N)ncnc1NC(CC(C)C)CN(C)C. The van der Waals surface area contributed by atoms with Gasteiger partial charge in [0.2, 0.25) is 5.75 Å².